The number of hydrogen-bond acceptors (Lipinski definition) is 2. The molecule has 1 amide bonds. The molecular weight excluding hydrogens is 416 g/mol. The van der Waals surface area contributed by atoms with Crippen molar-refractivity contribution in [2.24, 2.45) is 0 Å². The van der Waals surface area contributed by atoms with Gasteiger partial charge in [-0.1, -0.05) is 60.8 Å². The van der Waals surface area contributed by atoms with Crippen molar-refractivity contribution in [2.45, 2.75) is 68.6 Å². The number of nitrogens with zero attached hydrogens (tertiary/aromatic N) is 1. The van der Waals surface area contributed by atoms with E-state index in [1.165, 1.54) is 38.8 Å². The van der Waals surface area contributed by atoms with Gasteiger partial charge in [-0.3, -0.25) is 4.79 Å². The zero-order chi connectivity index (χ0) is 22.0. The monoisotopic (exact) mass is 450 g/mol. The van der Waals surface area contributed by atoms with E-state index in [2.05, 4.69) is 34.5 Å². The Morgan fingerprint density at radius 1 is 0.938 bits per heavy atom. The Kier molecular flexibility index (Phi) is 6.31. The van der Waals surface area contributed by atoms with Gasteiger partial charge < -0.3 is 10.2 Å². The van der Waals surface area contributed by atoms with Gasteiger partial charge in [-0.2, -0.15) is 0 Å². The van der Waals surface area contributed by atoms with Gasteiger partial charge in [-0.15, -0.1) is 0 Å². The van der Waals surface area contributed by atoms with Crippen molar-refractivity contribution in [1.29, 1.82) is 0 Å². The van der Waals surface area contributed by atoms with Crippen LogP contribution >= 0.6 is 11.6 Å². The molecule has 0 radical (unpaired) electrons. The molecule has 1 N–H and O–H groups in total. The minimum Gasteiger partial charge on any atom is -0.355 e. The number of hydrogen-bond donors (Lipinski definition) is 1. The summed E-state index contributed by atoms with van der Waals surface area (Å²) in [6.07, 6.45) is 10.3. The molecule has 3 aliphatic rings. The lowest BCUT2D eigenvalue weighted by Crippen LogP contribution is -2.44. The van der Waals surface area contributed by atoms with Gasteiger partial charge in [-0.25, -0.2) is 0 Å². The van der Waals surface area contributed by atoms with Crippen molar-refractivity contribution in [3.8, 4) is 0 Å². The number of carbonyl (C=O) groups excluding carboxylic acids is 1. The Hall–Kier alpha value is -1.84. The molecular formula is C28H35ClN2O. The fourth-order valence-electron chi connectivity index (χ4n) is 6.56. The average Bonchev–Trinajstić information content (AvgIpc) is 3.46. The van der Waals surface area contributed by atoms with Crippen LogP contribution in [-0.2, 0) is 22.0 Å². The van der Waals surface area contributed by atoms with Crippen LogP contribution in [0.25, 0.3) is 0 Å². The van der Waals surface area contributed by atoms with Gasteiger partial charge in [0.15, 0.2) is 0 Å². The van der Waals surface area contributed by atoms with Crippen LogP contribution in [0.1, 0.15) is 68.1 Å². The number of benzene rings is 2. The number of fused-ring (bicyclic) bond motifs is 2. The van der Waals surface area contributed by atoms with E-state index in [1.54, 1.807) is 11.1 Å². The highest BCUT2D eigenvalue weighted by Crippen LogP contribution is 2.46. The van der Waals surface area contributed by atoms with Crippen LogP contribution in [-0.4, -0.2) is 37.0 Å². The van der Waals surface area contributed by atoms with Crippen LogP contribution in [0.15, 0.2) is 48.5 Å². The van der Waals surface area contributed by atoms with Crippen LogP contribution in [0, 0.1) is 0 Å². The number of likely N-dealkylation sites (tertiary alicyclic amines) is 1. The molecule has 4 heteroatoms. The highest BCUT2D eigenvalue weighted by atomic mass is 35.5. The highest BCUT2D eigenvalue weighted by Gasteiger charge is 2.43. The van der Waals surface area contributed by atoms with E-state index in [1.807, 2.05) is 24.3 Å². The minimum atomic E-state index is -0.363. The van der Waals surface area contributed by atoms with Gasteiger partial charge in [0, 0.05) is 11.6 Å². The van der Waals surface area contributed by atoms with Gasteiger partial charge in [0.25, 0.3) is 0 Å². The topological polar surface area (TPSA) is 32.3 Å². The van der Waals surface area contributed by atoms with E-state index >= 15 is 0 Å². The van der Waals surface area contributed by atoms with Gasteiger partial charge in [0.2, 0.25) is 5.91 Å². The van der Waals surface area contributed by atoms with E-state index < -0.39 is 0 Å². The lowest BCUT2D eigenvalue weighted by atomic mass is 9.74. The van der Waals surface area contributed by atoms with E-state index in [0.717, 1.165) is 55.8 Å². The first-order chi connectivity index (χ1) is 15.6. The maximum atomic E-state index is 13.2. The molecule has 0 bridgehead atoms. The fourth-order valence-corrected chi connectivity index (χ4v) is 6.68. The first-order valence-corrected chi connectivity index (χ1v) is 12.8. The highest BCUT2D eigenvalue weighted by molar-refractivity contribution is 6.30. The molecule has 0 unspecified atom stereocenters. The largest absolute Gasteiger partial charge is 0.355 e. The molecule has 2 aliphatic carbocycles. The molecule has 1 heterocycles. The second-order valence-electron chi connectivity index (χ2n) is 10.2. The lowest BCUT2D eigenvalue weighted by molar-refractivity contribution is -0.126. The van der Waals surface area contributed by atoms with Crippen molar-refractivity contribution < 1.29 is 4.79 Å². The second-order valence-corrected chi connectivity index (χ2v) is 10.6. The second kappa shape index (κ2) is 9.19. The third kappa shape index (κ3) is 4.10. The average molecular weight is 451 g/mol. The Labute approximate surface area is 197 Å². The van der Waals surface area contributed by atoms with Crippen molar-refractivity contribution in [3.63, 3.8) is 0 Å². The Morgan fingerprint density at radius 3 is 2.41 bits per heavy atom. The molecule has 2 aromatic carbocycles. The Balaban J connectivity index is 1.10. The Morgan fingerprint density at radius 2 is 1.66 bits per heavy atom. The van der Waals surface area contributed by atoms with Crippen molar-refractivity contribution in [1.82, 2.24) is 10.2 Å². The molecule has 1 saturated heterocycles. The molecule has 1 saturated carbocycles. The van der Waals surface area contributed by atoms with Crippen LogP contribution in [0.4, 0.5) is 0 Å². The number of piperidine rings is 1. The van der Waals surface area contributed by atoms with Crippen molar-refractivity contribution >= 4 is 17.5 Å². The number of carbonyl (C=O) groups is 1. The van der Waals surface area contributed by atoms with Crippen LogP contribution in [0.5, 0.6) is 0 Å². The van der Waals surface area contributed by atoms with Crippen LogP contribution in [0.3, 0.4) is 0 Å². The fraction of sp³-hybridized carbons (Fsp3) is 0.536. The van der Waals surface area contributed by atoms with Gasteiger partial charge in [0.1, 0.15) is 0 Å². The number of aryl methyl sites for hydroxylation is 1. The molecule has 0 atom stereocenters. The summed E-state index contributed by atoms with van der Waals surface area (Å²) in [5.41, 5.74) is 4.38. The summed E-state index contributed by atoms with van der Waals surface area (Å²) in [6.45, 7) is 4.19. The summed E-state index contributed by atoms with van der Waals surface area (Å²) in [4.78, 5) is 15.8. The molecule has 170 valence electrons. The van der Waals surface area contributed by atoms with Crippen molar-refractivity contribution in [2.75, 3.05) is 26.2 Å². The maximum Gasteiger partial charge on any atom is 0.230 e. The van der Waals surface area contributed by atoms with E-state index in [-0.39, 0.29) is 11.3 Å². The van der Waals surface area contributed by atoms with E-state index in [4.69, 9.17) is 11.6 Å². The first-order valence-electron chi connectivity index (χ1n) is 12.5. The lowest BCUT2D eigenvalue weighted by Gasteiger charge is -2.40. The van der Waals surface area contributed by atoms with Crippen LogP contribution < -0.4 is 5.32 Å². The predicted octanol–water partition coefficient (Wildman–Crippen LogP) is 5.64. The maximum absolute atomic E-state index is 13.2. The molecule has 3 nitrogen and oxygen atoms in total. The summed E-state index contributed by atoms with van der Waals surface area (Å²) in [6, 6.07) is 17.0. The zero-order valence-electron chi connectivity index (χ0n) is 19.0. The summed E-state index contributed by atoms with van der Waals surface area (Å²) < 4.78 is 0. The SMILES string of the molecule is O=C(NCCCN1CCC2(CCc3ccccc32)CC1)C1(c2ccc(Cl)cc2)CCCC1. The van der Waals surface area contributed by atoms with E-state index in [0.29, 0.717) is 5.41 Å². The molecule has 1 spiro atoms. The normalized spacial score (nSPS) is 21.5. The summed E-state index contributed by atoms with van der Waals surface area (Å²) in [5, 5.41) is 4.01. The van der Waals surface area contributed by atoms with Gasteiger partial charge in [0.05, 0.1) is 5.41 Å². The third-order valence-corrected chi connectivity index (χ3v) is 8.75. The quantitative estimate of drug-likeness (QED) is 0.577. The number of amides is 1. The zero-order valence-corrected chi connectivity index (χ0v) is 19.8. The minimum absolute atomic E-state index is 0.206. The standard InChI is InChI=1S/C28H35ClN2O/c29-24-10-8-23(9-11-24)28(13-3-4-14-28)26(32)30-18-5-19-31-20-16-27(17-21-31)15-12-22-6-1-2-7-25(22)27/h1-2,6-11H,3-5,12-21H2,(H,30,32). The smallest absolute Gasteiger partial charge is 0.230 e. The summed E-state index contributed by atoms with van der Waals surface area (Å²) in [7, 11) is 0. The molecule has 2 fully saturated rings. The number of halogens is 1. The molecule has 32 heavy (non-hydrogen) atoms. The number of nitrogens with one attached hydrogen (secondary N) is 1. The van der Waals surface area contributed by atoms with E-state index in [9.17, 15) is 4.79 Å². The third-order valence-electron chi connectivity index (χ3n) is 8.50. The van der Waals surface area contributed by atoms with Gasteiger partial charge in [-0.05, 0) is 98.8 Å². The molecule has 1 aliphatic heterocycles. The summed E-state index contributed by atoms with van der Waals surface area (Å²) in [5.74, 6) is 0.206. The number of rotatable bonds is 6. The molecule has 0 aromatic heterocycles. The molecule has 2 aromatic rings. The first kappa shape index (κ1) is 22.0. The summed E-state index contributed by atoms with van der Waals surface area (Å²) >= 11 is 6.08. The predicted molar refractivity (Wildman–Crippen MR) is 131 cm³/mol. The Bertz CT molecular complexity index is 940. The van der Waals surface area contributed by atoms with Crippen LogP contribution in [0.2, 0.25) is 5.02 Å². The molecule has 5 rings (SSSR count). The van der Waals surface area contributed by atoms with Gasteiger partial charge >= 0.3 is 0 Å². The van der Waals surface area contributed by atoms with Crippen molar-refractivity contribution in [3.05, 3.63) is 70.2 Å².